The van der Waals surface area contributed by atoms with Gasteiger partial charge in [-0.15, -0.1) is 0 Å². The first kappa shape index (κ1) is 17.1. The smallest absolute Gasteiger partial charge is 0.244 e. The number of ether oxygens (including phenoxy) is 3. The summed E-state index contributed by atoms with van der Waals surface area (Å²) in [5.41, 5.74) is 2.04. The molecule has 1 heterocycles. The first-order valence-electron chi connectivity index (χ1n) is 7.85. The summed E-state index contributed by atoms with van der Waals surface area (Å²) < 4.78 is 16.3. The summed E-state index contributed by atoms with van der Waals surface area (Å²) in [5.74, 6) is -0.327. The van der Waals surface area contributed by atoms with Crippen molar-refractivity contribution in [2.75, 3.05) is 21.3 Å². The van der Waals surface area contributed by atoms with Crippen LogP contribution < -0.4 is 14.2 Å². The van der Waals surface area contributed by atoms with E-state index >= 15 is 0 Å². The van der Waals surface area contributed by atoms with E-state index in [4.69, 9.17) is 19.0 Å². The molecule has 6 nitrogen and oxygen atoms in total. The molecule has 2 atom stereocenters. The Hall–Kier alpha value is -2.73. The molecule has 2 aromatic carbocycles. The summed E-state index contributed by atoms with van der Waals surface area (Å²) in [5, 5.41) is 14.9. The quantitative estimate of drug-likeness (QED) is 0.904. The van der Waals surface area contributed by atoms with Crippen molar-refractivity contribution in [3.05, 3.63) is 53.6 Å². The van der Waals surface area contributed by atoms with Crippen LogP contribution in [0, 0.1) is 0 Å². The van der Waals surface area contributed by atoms with Crippen molar-refractivity contribution in [2.24, 2.45) is 5.16 Å². The van der Waals surface area contributed by atoms with Crippen LogP contribution in [0.1, 0.15) is 24.0 Å². The Balaban J connectivity index is 2.18. The highest BCUT2D eigenvalue weighted by molar-refractivity contribution is 6.10. The van der Waals surface area contributed by atoms with Crippen LogP contribution in [0.4, 0.5) is 0 Å². The van der Waals surface area contributed by atoms with E-state index < -0.39 is 11.7 Å². The zero-order valence-electron chi connectivity index (χ0n) is 14.6. The van der Waals surface area contributed by atoms with Crippen LogP contribution in [0.15, 0.2) is 47.6 Å². The van der Waals surface area contributed by atoms with Gasteiger partial charge in [0, 0.05) is 19.1 Å². The second-order valence-corrected chi connectivity index (χ2v) is 5.87. The monoisotopic (exact) mass is 343 g/mol. The number of methoxy groups -OCH3 is 3. The molecule has 1 N–H and O–H groups in total. The summed E-state index contributed by atoms with van der Waals surface area (Å²) in [4.78, 5) is 5.33. The molecule has 25 heavy (non-hydrogen) atoms. The number of oxime groups is 1. The van der Waals surface area contributed by atoms with E-state index in [1.54, 1.807) is 40.4 Å². The fourth-order valence-corrected chi connectivity index (χ4v) is 3.06. The molecule has 0 spiro atoms. The number of hydrogen-bond acceptors (Lipinski definition) is 6. The molecule has 2 aromatic rings. The molecule has 0 aliphatic carbocycles. The van der Waals surface area contributed by atoms with Gasteiger partial charge in [0.25, 0.3) is 0 Å². The predicted molar refractivity (Wildman–Crippen MR) is 93.5 cm³/mol. The van der Waals surface area contributed by atoms with Crippen molar-refractivity contribution >= 4 is 5.71 Å². The Bertz CT molecular complexity index is 761. The highest BCUT2D eigenvalue weighted by Crippen LogP contribution is 2.44. The van der Waals surface area contributed by atoms with Crippen molar-refractivity contribution in [3.63, 3.8) is 0 Å². The number of hydrogen-bond donors (Lipinski definition) is 1. The number of benzene rings is 2. The summed E-state index contributed by atoms with van der Waals surface area (Å²) in [6.45, 7) is 1.59. The Labute approximate surface area is 146 Å². The minimum atomic E-state index is -1.48. The lowest BCUT2D eigenvalue weighted by atomic mass is 9.84. The molecule has 3 rings (SSSR count). The average Bonchev–Trinajstić information content (AvgIpc) is 2.95. The SMILES string of the molecule is COc1cc(OC)c(C2=NO[C@@](C)(O)[C@@H]2c2ccccc2)c(OC)c1. The minimum absolute atomic E-state index is 0.495. The molecule has 0 unspecified atom stereocenters. The van der Waals surface area contributed by atoms with Crippen molar-refractivity contribution in [3.8, 4) is 17.2 Å². The van der Waals surface area contributed by atoms with Crippen LogP contribution in [0.2, 0.25) is 0 Å². The van der Waals surface area contributed by atoms with E-state index in [9.17, 15) is 5.11 Å². The fraction of sp³-hybridized carbons (Fsp3) is 0.316. The van der Waals surface area contributed by atoms with Gasteiger partial charge in [0.2, 0.25) is 5.79 Å². The summed E-state index contributed by atoms with van der Waals surface area (Å²) >= 11 is 0. The number of aliphatic hydroxyl groups is 1. The molecule has 0 aromatic heterocycles. The van der Waals surface area contributed by atoms with E-state index in [-0.39, 0.29) is 0 Å². The molecule has 132 valence electrons. The summed E-state index contributed by atoms with van der Waals surface area (Å²) in [6, 6.07) is 13.1. The first-order valence-corrected chi connectivity index (χ1v) is 7.85. The zero-order chi connectivity index (χ0) is 18.0. The molecule has 0 saturated heterocycles. The van der Waals surface area contributed by atoms with E-state index in [2.05, 4.69) is 5.16 Å². The largest absolute Gasteiger partial charge is 0.496 e. The lowest BCUT2D eigenvalue weighted by Crippen LogP contribution is -2.34. The standard InChI is InChI=1S/C19H21NO5/c1-19(21)17(12-8-6-5-7-9-12)18(20-25-19)16-14(23-3)10-13(22-2)11-15(16)24-4/h5-11,17,21H,1-4H3/t17-,19-/m1/s1. The molecule has 0 saturated carbocycles. The maximum absolute atomic E-state index is 10.7. The fourth-order valence-electron chi connectivity index (χ4n) is 3.06. The second kappa shape index (κ2) is 6.64. The van der Waals surface area contributed by atoms with E-state index in [0.717, 1.165) is 5.56 Å². The lowest BCUT2D eigenvalue weighted by Gasteiger charge is -2.25. The van der Waals surface area contributed by atoms with Crippen LogP contribution >= 0.6 is 0 Å². The molecule has 6 heteroatoms. The minimum Gasteiger partial charge on any atom is -0.496 e. The molecule has 1 aliphatic heterocycles. The van der Waals surface area contributed by atoms with Crippen molar-refractivity contribution < 1.29 is 24.2 Å². The molecule has 0 amide bonds. The van der Waals surface area contributed by atoms with Gasteiger partial charge in [-0.1, -0.05) is 35.5 Å². The van der Waals surface area contributed by atoms with Crippen molar-refractivity contribution in [2.45, 2.75) is 18.6 Å². The Morgan fingerprint density at radius 2 is 1.60 bits per heavy atom. The third kappa shape index (κ3) is 3.00. The van der Waals surface area contributed by atoms with Gasteiger partial charge in [-0.05, 0) is 5.56 Å². The number of rotatable bonds is 5. The van der Waals surface area contributed by atoms with Gasteiger partial charge in [-0.2, -0.15) is 0 Å². The zero-order valence-corrected chi connectivity index (χ0v) is 14.6. The predicted octanol–water partition coefficient (Wildman–Crippen LogP) is 2.94. The molecule has 0 radical (unpaired) electrons. The topological polar surface area (TPSA) is 69.5 Å². The molecule has 0 bridgehead atoms. The van der Waals surface area contributed by atoms with Gasteiger partial charge in [0.05, 0.1) is 32.8 Å². The van der Waals surface area contributed by atoms with Crippen LogP contribution in [-0.2, 0) is 4.84 Å². The Kier molecular flexibility index (Phi) is 4.55. The number of nitrogens with zero attached hydrogens (tertiary/aromatic N) is 1. The van der Waals surface area contributed by atoms with Gasteiger partial charge in [0.15, 0.2) is 0 Å². The average molecular weight is 343 g/mol. The maximum atomic E-state index is 10.7. The van der Waals surface area contributed by atoms with E-state index in [1.807, 2.05) is 30.3 Å². The van der Waals surface area contributed by atoms with Gasteiger partial charge in [-0.3, -0.25) is 0 Å². The van der Waals surface area contributed by atoms with Gasteiger partial charge < -0.3 is 24.2 Å². The van der Waals surface area contributed by atoms with Gasteiger partial charge in [-0.25, -0.2) is 0 Å². The molecule has 1 aliphatic rings. The molecule has 0 fully saturated rings. The Morgan fingerprint density at radius 1 is 1.00 bits per heavy atom. The second-order valence-electron chi connectivity index (χ2n) is 5.87. The molecular weight excluding hydrogens is 322 g/mol. The summed E-state index contributed by atoms with van der Waals surface area (Å²) in [7, 11) is 4.69. The van der Waals surface area contributed by atoms with E-state index in [1.165, 1.54) is 0 Å². The third-order valence-corrected chi connectivity index (χ3v) is 4.24. The van der Waals surface area contributed by atoms with Crippen molar-refractivity contribution in [1.29, 1.82) is 0 Å². The lowest BCUT2D eigenvalue weighted by molar-refractivity contribution is -0.179. The maximum Gasteiger partial charge on any atom is 0.244 e. The third-order valence-electron chi connectivity index (χ3n) is 4.24. The van der Waals surface area contributed by atoms with Crippen LogP contribution in [0.5, 0.6) is 17.2 Å². The first-order chi connectivity index (χ1) is 12.0. The van der Waals surface area contributed by atoms with Crippen LogP contribution in [0.3, 0.4) is 0 Å². The molecular formula is C19H21NO5. The van der Waals surface area contributed by atoms with Gasteiger partial charge >= 0.3 is 0 Å². The highest BCUT2D eigenvalue weighted by atomic mass is 16.7. The van der Waals surface area contributed by atoms with Gasteiger partial charge in [0.1, 0.15) is 23.0 Å². The highest BCUT2D eigenvalue weighted by Gasteiger charge is 2.46. The van der Waals surface area contributed by atoms with Crippen LogP contribution in [-0.4, -0.2) is 37.9 Å². The van der Waals surface area contributed by atoms with Crippen LogP contribution in [0.25, 0.3) is 0 Å². The normalized spacial score (nSPS) is 22.1. The summed E-state index contributed by atoms with van der Waals surface area (Å²) in [6.07, 6.45) is 0. The van der Waals surface area contributed by atoms with E-state index in [0.29, 0.717) is 28.5 Å². The van der Waals surface area contributed by atoms with Crippen molar-refractivity contribution in [1.82, 2.24) is 0 Å². The Morgan fingerprint density at radius 3 is 2.12 bits per heavy atom.